The summed E-state index contributed by atoms with van der Waals surface area (Å²) >= 11 is 0. The molecule has 0 bridgehead atoms. The molecule has 2 aromatic rings. The van der Waals surface area contributed by atoms with E-state index in [-0.39, 0.29) is 11.9 Å². The first-order valence-electron chi connectivity index (χ1n) is 10.8. The number of amides is 1. The number of hydrogen-bond acceptors (Lipinski definition) is 4. The zero-order valence-corrected chi connectivity index (χ0v) is 19.5. The van der Waals surface area contributed by atoms with Crippen LogP contribution in [0.1, 0.15) is 55.8 Å². The number of benzene rings is 2. The van der Waals surface area contributed by atoms with Crippen LogP contribution in [0.5, 0.6) is 5.75 Å². The van der Waals surface area contributed by atoms with Crippen LogP contribution in [0, 0.1) is 0 Å². The molecule has 0 spiro atoms. The summed E-state index contributed by atoms with van der Waals surface area (Å²) in [7, 11) is -2.17. The third-order valence-electron chi connectivity index (χ3n) is 5.90. The van der Waals surface area contributed by atoms with E-state index in [1.807, 2.05) is 6.92 Å². The first kappa shape index (κ1) is 23.1. The summed E-state index contributed by atoms with van der Waals surface area (Å²) in [6, 6.07) is 12.1. The van der Waals surface area contributed by atoms with E-state index in [1.165, 1.54) is 31.1 Å². The summed E-state index contributed by atoms with van der Waals surface area (Å²) in [5, 5.41) is 3.06. The highest BCUT2D eigenvalue weighted by atomic mass is 32.2. The van der Waals surface area contributed by atoms with Crippen molar-refractivity contribution >= 4 is 21.6 Å². The van der Waals surface area contributed by atoms with Crippen LogP contribution in [0.15, 0.2) is 42.5 Å². The number of aryl methyl sites for hydroxylation is 2. The van der Waals surface area contributed by atoms with Crippen LogP contribution in [0.25, 0.3) is 0 Å². The fourth-order valence-electron chi connectivity index (χ4n) is 4.24. The minimum absolute atomic E-state index is 0.172. The number of nitrogens with one attached hydrogen (secondary N) is 1. The van der Waals surface area contributed by atoms with Crippen molar-refractivity contribution in [1.29, 1.82) is 0 Å². The molecule has 2 atom stereocenters. The second-order valence-electron chi connectivity index (χ2n) is 8.14. The molecular formula is C24H32N2O4S. The van der Waals surface area contributed by atoms with Gasteiger partial charge in [-0.1, -0.05) is 31.2 Å². The largest absolute Gasteiger partial charge is 0.497 e. The molecule has 0 aromatic heterocycles. The van der Waals surface area contributed by atoms with Gasteiger partial charge in [0.25, 0.3) is 0 Å². The molecule has 168 valence electrons. The summed E-state index contributed by atoms with van der Waals surface area (Å²) in [5.74, 6) is 0.192. The topological polar surface area (TPSA) is 75.7 Å². The van der Waals surface area contributed by atoms with Gasteiger partial charge in [0.2, 0.25) is 15.9 Å². The van der Waals surface area contributed by atoms with Crippen LogP contribution in [0.3, 0.4) is 0 Å². The number of nitrogens with zero attached hydrogens (tertiary/aromatic N) is 1. The van der Waals surface area contributed by atoms with Crippen LogP contribution in [0.4, 0.5) is 5.69 Å². The van der Waals surface area contributed by atoms with E-state index in [0.29, 0.717) is 11.4 Å². The first-order valence-corrected chi connectivity index (χ1v) is 12.6. The average molecular weight is 445 g/mol. The van der Waals surface area contributed by atoms with E-state index in [9.17, 15) is 13.2 Å². The monoisotopic (exact) mass is 444 g/mol. The van der Waals surface area contributed by atoms with Crippen LogP contribution < -0.4 is 14.4 Å². The van der Waals surface area contributed by atoms with E-state index in [2.05, 4.69) is 23.5 Å². The Kier molecular flexibility index (Phi) is 7.26. The van der Waals surface area contributed by atoms with E-state index in [4.69, 9.17) is 4.74 Å². The average Bonchev–Trinajstić information content (AvgIpc) is 2.76. The highest BCUT2D eigenvalue weighted by Gasteiger charge is 2.30. The summed E-state index contributed by atoms with van der Waals surface area (Å²) in [6.45, 7) is 3.63. The Bertz CT molecular complexity index is 1040. The van der Waals surface area contributed by atoms with Crippen molar-refractivity contribution in [2.75, 3.05) is 17.7 Å². The predicted octanol–water partition coefficient (Wildman–Crippen LogP) is 4.00. The Balaban J connectivity index is 1.83. The predicted molar refractivity (Wildman–Crippen MR) is 124 cm³/mol. The number of sulfonamides is 1. The van der Waals surface area contributed by atoms with Gasteiger partial charge in [-0.15, -0.1) is 0 Å². The van der Waals surface area contributed by atoms with Gasteiger partial charge in [0, 0.05) is 6.07 Å². The zero-order valence-electron chi connectivity index (χ0n) is 18.7. The molecule has 0 heterocycles. The quantitative estimate of drug-likeness (QED) is 0.668. The van der Waals surface area contributed by atoms with Crippen LogP contribution in [-0.4, -0.2) is 33.7 Å². The number of carbonyl (C=O) groups excluding carboxylic acids is 1. The van der Waals surface area contributed by atoms with E-state index in [0.717, 1.165) is 35.4 Å². The second-order valence-corrected chi connectivity index (χ2v) is 10.0. The van der Waals surface area contributed by atoms with Gasteiger partial charge in [-0.2, -0.15) is 0 Å². The van der Waals surface area contributed by atoms with Crippen LogP contribution >= 0.6 is 0 Å². The highest BCUT2D eigenvalue weighted by Crippen LogP contribution is 2.28. The van der Waals surface area contributed by atoms with Gasteiger partial charge in [-0.25, -0.2) is 8.42 Å². The molecule has 1 N–H and O–H groups in total. The molecule has 1 aliphatic carbocycles. The Morgan fingerprint density at radius 1 is 1.13 bits per heavy atom. The van der Waals surface area contributed by atoms with Crippen LogP contribution in [0.2, 0.25) is 0 Å². The number of fused-ring (bicyclic) bond motifs is 1. The van der Waals surface area contributed by atoms with Crippen LogP contribution in [-0.2, 0) is 27.7 Å². The molecular weight excluding hydrogens is 412 g/mol. The van der Waals surface area contributed by atoms with Gasteiger partial charge in [0.15, 0.2) is 0 Å². The van der Waals surface area contributed by atoms with Crippen molar-refractivity contribution in [2.45, 2.75) is 58.0 Å². The highest BCUT2D eigenvalue weighted by molar-refractivity contribution is 7.92. The number of rotatable bonds is 8. The van der Waals surface area contributed by atoms with Gasteiger partial charge < -0.3 is 10.1 Å². The van der Waals surface area contributed by atoms with E-state index in [1.54, 1.807) is 31.2 Å². The molecule has 0 saturated carbocycles. The normalized spacial score (nSPS) is 15.5. The minimum atomic E-state index is -3.69. The standard InChI is InChI=1S/C24H32N2O4S/c1-5-23(20-14-13-18-9-6-7-10-19(18)15-20)25-24(27)17(2)26(31(4,28)29)21-11-8-12-22(16-21)30-3/h8,11-17,23H,5-7,9-10H2,1-4H3,(H,25,27). The van der Waals surface area contributed by atoms with Gasteiger partial charge in [-0.3, -0.25) is 9.10 Å². The molecule has 0 fully saturated rings. The molecule has 2 unspecified atom stereocenters. The molecule has 0 saturated heterocycles. The number of anilines is 1. The number of carbonyl (C=O) groups is 1. The maximum Gasteiger partial charge on any atom is 0.244 e. The van der Waals surface area contributed by atoms with Crippen molar-refractivity contribution in [3.05, 3.63) is 59.2 Å². The van der Waals surface area contributed by atoms with Crippen molar-refractivity contribution in [3.8, 4) is 5.75 Å². The van der Waals surface area contributed by atoms with E-state index >= 15 is 0 Å². The Labute approximate surface area is 185 Å². The number of hydrogen-bond donors (Lipinski definition) is 1. The Hall–Kier alpha value is -2.54. The third-order valence-corrected chi connectivity index (χ3v) is 7.14. The van der Waals surface area contributed by atoms with Crippen molar-refractivity contribution in [1.82, 2.24) is 5.32 Å². The van der Waals surface area contributed by atoms with Gasteiger partial charge in [0.05, 0.1) is 25.1 Å². The van der Waals surface area contributed by atoms with Crippen molar-refractivity contribution in [3.63, 3.8) is 0 Å². The maximum atomic E-state index is 13.1. The SMILES string of the molecule is CCC(NC(=O)C(C)N(c1cccc(OC)c1)S(C)(=O)=O)c1ccc2c(c1)CCCC2. The zero-order chi connectivity index (χ0) is 22.6. The fraction of sp³-hybridized carbons (Fsp3) is 0.458. The molecule has 7 heteroatoms. The van der Waals surface area contributed by atoms with Crippen molar-refractivity contribution < 1.29 is 17.9 Å². The molecule has 6 nitrogen and oxygen atoms in total. The fourth-order valence-corrected chi connectivity index (χ4v) is 5.41. The molecule has 0 aliphatic heterocycles. The second kappa shape index (κ2) is 9.73. The summed E-state index contributed by atoms with van der Waals surface area (Å²) in [5.41, 5.74) is 4.21. The lowest BCUT2D eigenvalue weighted by Crippen LogP contribution is -2.48. The molecule has 2 aromatic carbocycles. The lowest BCUT2D eigenvalue weighted by Gasteiger charge is -2.30. The Morgan fingerprint density at radius 3 is 2.48 bits per heavy atom. The molecule has 1 amide bonds. The van der Waals surface area contributed by atoms with E-state index < -0.39 is 16.1 Å². The van der Waals surface area contributed by atoms with Gasteiger partial charge in [0.1, 0.15) is 11.8 Å². The smallest absolute Gasteiger partial charge is 0.244 e. The maximum absolute atomic E-state index is 13.1. The van der Waals surface area contributed by atoms with Gasteiger partial charge in [-0.05, 0) is 67.9 Å². The number of methoxy groups -OCH3 is 1. The molecule has 1 aliphatic rings. The molecule has 0 radical (unpaired) electrons. The lowest BCUT2D eigenvalue weighted by molar-refractivity contribution is -0.122. The first-order chi connectivity index (χ1) is 14.7. The molecule has 3 rings (SSSR count). The minimum Gasteiger partial charge on any atom is -0.497 e. The van der Waals surface area contributed by atoms with Gasteiger partial charge >= 0.3 is 0 Å². The van der Waals surface area contributed by atoms with Crippen molar-refractivity contribution in [2.24, 2.45) is 0 Å². The molecule has 31 heavy (non-hydrogen) atoms. The third kappa shape index (κ3) is 5.39. The Morgan fingerprint density at radius 2 is 1.84 bits per heavy atom. The summed E-state index contributed by atoms with van der Waals surface area (Å²) in [6.07, 6.45) is 6.43. The lowest BCUT2D eigenvalue weighted by atomic mass is 9.88. The summed E-state index contributed by atoms with van der Waals surface area (Å²) in [4.78, 5) is 13.1. The summed E-state index contributed by atoms with van der Waals surface area (Å²) < 4.78 is 31.5. The number of ether oxygens (including phenoxy) is 1.